The topological polar surface area (TPSA) is 70.2 Å². The van der Waals surface area contributed by atoms with E-state index < -0.39 is 0 Å². The first-order chi connectivity index (χ1) is 9.15. The quantitative estimate of drug-likeness (QED) is 0.704. The maximum absolute atomic E-state index is 11.6. The molecule has 0 saturated heterocycles. The van der Waals surface area contributed by atoms with Crippen molar-refractivity contribution >= 4 is 23.2 Å². The Labute approximate surface area is 113 Å². The molecule has 0 unspecified atom stereocenters. The van der Waals surface area contributed by atoms with Crippen LogP contribution in [0.15, 0.2) is 24.3 Å². The van der Waals surface area contributed by atoms with Crippen LogP contribution in [0.1, 0.15) is 26.2 Å². The van der Waals surface area contributed by atoms with Crippen LogP contribution in [0, 0.1) is 0 Å². The lowest BCUT2D eigenvalue weighted by atomic mass is 10.2. The number of carbonyl (C=O) groups is 2. The molecule has 0 heterocycles. The van der Waals surface area contributed by atoms with Crippen LogP contribution in [0.4, 0.5) is 11.4 Å². The van der Waals surface area contributed by atoms with E-state index in [9.17, 15) is 9.59 Å². The van der Waals surface area contributed by atoms with Crippen molar-refractivity contribution in [1.29, 1.82) is 0 Å². The van der Waals surface area contributed by atoms with Gasteiger partial charge in [-0.2, -0.15) is 0 Å². The predicted molar refractivity (Wildman–Crippen MR) is 77.2 cm³/mol. The van der Waals surface area contributed by atoms with Crippen molar-refractivity contribution in [2.24, 2.45) is 0 Å². The summed E-state index contributed by atoms with van der Waals surface area (Å²) in [6.45, 7) is 2.59. The first-order valence-corrected chi connectivity index (χ1v) is 6.50. The molecule has 0 aliphatic rings. The Morgan fingerprint density at radius 3 is 2.16 bits per heavy atom. The van der Waals surface area contributed by atoms with Gasteiger partial charge in [-0.3, -0.25) is 9.59 Å². The Morgan fingerprint density at radius 1 is 1.05 bits per heavy atom. The van der Waals surface area contributed by atoms with Crippen molar-refractivity contribution in [3.8, 4) is 0 Å². The van der Waals surface area contributed by atoms with Gasteiger partial charge in [0.1, 0.15) is 0 Å². The van der Waals surface area contributed by atoms with E-state index in [1.165, 1.54) is 0 Å². The minimum Gasteiger partial charge on any atom is -0.326 e. The minimum atomic E-state index is -0.0496. The summed E-state index contributed by atoms with van der Waals surface area (Å²) in [4.78, 5) is 23.0. The third-order valence-corrected chi connectivity index (χ3v) is 2.51. The van der Waals surface area contributed by atoms with Crippen molar-refractivity contribution in [3.63, 3.8) is 0 Å². The van der Waals surface area contributed by atoms with Gasteiger partial charge < -0.3 is 16.0 Å². The third kappa shape index (κ3) is 6.01. The van der Waals surface area contributed by atoms with Crippen LogP contribution >= 0.6 is 0 Å². The lowest BCUT2D eigenvalue weighted by Crippen LogP contribution is -2.18. The van der Waals surface area contributed by atoms with Crippen molar-refractivity contribution in [2.45, 2.75) is 26.2 Å². The van der Waals surface area contributed by atoms with Gasteiger partial charge in [-0.05, 0) is 31.7 Å². The molecular formula is C14H21N3O2. The first-order valence-electron chi connectivity index (χ1n) is 6.50. The van der Waals surface area contributed by atoms with Gasteiger partial charge in [0.25, 0.3) is 0 Å². The molecule has 3 N–H and O–H groups in total. The van der Waals surface area contributed by atoms with E-state index >= 15 is 0 Å². The first kappa shape index (κ1) is 15.2. The Kier molecular flexibility index (Phi) is 6.60. The summed E-state index contributed by atoms with van der Waals surface area (Å²) < 4.78 is 0. The van der Waals surface area contributed by atoms with Gasteiger partial charge in [-0.25, -0.2) is 0 Å². The van der Waals surface area contributed by atoms with E-state index in [2.05, 4.69) is 16.0 Å². The van der Waals surface area contributed by atoms with E-state index in [1.807, 2.05) is 6.92 Å². The summed E-state index contributed by atoms with van der Waals surface area (Å²) >= 11 is 0. The smallest absolute Gasteiger partial charge is 0.225 e. The van der Waals surface area contributed by atoms with Crippen molar-refractivity contribution in [3.05, 3.63) is 24.3 Å². The molecule has 0 fully saturated rings. The third-order valence-electron chi connectivity index (χ3n) is 2.51. The van der Waals surface area contributed by atoms with E-state index in [0.717, 1.165) is 6.42 Å². The van der Waals surface area contributed by atoms with Gasteiger partial charge in [0.05, 0.1) is 0 Å². The largest absolute Gasteiger partial charge is 0.326 e. The Balaban J connectivity index is 2.56. The highest BCUT2D eigenvalue weighted by atomic mass is 16.2. The molecule has 5 heteroatoms. The SMILES string of the molecule is CCCC(=O)Nc1cccc(NC(=O)CCNC)c1. The summed E-state index contributed by atoms with van der Waals surface area (Å²) in [7, 11) is 1.80. The fraction of sp³-hybridized carbons (Fsp3) is 0.429. The number of hydrogen-bond donors (Lipinski definition) is 3. The fourth-order valence-corrected chi connectivity index (χ4v) is 1.59. The number of nitrogens with one attached hydrogen (secondary N) is 3. The fourth-order valence-electron chi connectivity index (χ4n) is 1.59. The van der Waals surface area contributed by atoms with Gasteiger partial charge in [0.15, 0.2) is 0 Å². The van der Waals surface area contributed by atoms with Crippen molar-refractivity contribution in [1.82, 2.24) is 5.32 Å². The van der Waals surface area contributed by atoms with Crippen LogP contribution in [0.3, 0.4) is 0 Å². The molecule has 0 atom stereocenters. The molecule has 0 bridgehead atoms. The zero-order valence-electron chi connectivity index (χ0n) is 11.5. The molecule has 19 heavy (non-hydrogen) atoms. The van der Waals surface area contributed by atoms with E-state index in [-0.39, 0.29) is 11.8 Å². The predicted octanol–water partition coefficient (Wildman–Crippen LogP) is 1.97. The molecule has 1 aromatic rings. The van der Waals surface area contributed by atoms with Crippen LogP contribution in [-0.4, -0.2) is 25.4 Å². The Hall–Kier alpha value is -1.88. The molecule has 2 amide bonds. The Bertz CT molecular complexity index is 432. The van der Waals surface area contributed by atoms with Crippen molar-refractivity contribution < 1.29 is 9.59 Å². The van der Waals surface area contributed by atoms with E-state index in [1.54, 1.807) is 31.3 Å². The zero-order chi connectivity index (χ0) is 14.1. The molecule has 0 radical (unpaired) electrons. The van der Waals surface area contributed by atoms with Crippen LogP contribution < -0.4 is 16.0 Å². The highest BCUT2D eigenvalue weighted by Crippen LogP contribution is 2.15. The maximum atomic E-state index is 11.6. The summed E-state index contributed by atoms with van der Waals surface area (Å²) in [5, 5.41) is 8.51. The lowest BCUT2D eigenvalue weighted by Gasteiger charge is -2.08. The van der Waals surface area contributed by atoms with Gasteiger partial charge in [-0.1, -0.05) is 13.0 Å². The van der Waals surface area contributed by atoms with E-state index in [4.69, 9.17) is 0 Å². The van der Waals surface area contributed by atoms with Gasteiger partial charge >= 0.3 is 0 Å². The molecule has 0 saturated carbocycles. The number of anilines is 2. The van der Waals surface area contributed by atoms with Gasteiger partial charge in [0.2, 0.25) is 11.8 Å². The Morgan fingerprint density at radius 2 is 1.63 bits per heavy atom. The van der Waals surface area contributed by atoms with Crippen LogP contribution in [-0.2, 0) is 9.59 Å². The number of amides is 2. The molecular weight excluding hydrogens is 242 g/mol. The minimum absolute atomic E-state index is 0.0128. The average molecular weight is 263 g/mol. The van der Waals surface area contributed by atoms with Crippen molar-refractivity contribution in [2.75, 3.05) is 24.2 Å². The molecule has 0 aliphatic carbocycles. The molecule has 0 aromatic heterocycles. The number of hydrogen-bond acceptors (Lipinski definition) is 3. The monoisotopic (exact) mass is 263 g/mol. The summed E-state index contributed by atoms with van der Waals surface area (Å²) in [5.74, 6) is -0.0625. The van der Waals surface area contributed by atoms with Crippen LogP contribution in [0.2, 0.25) is 0 Å². The summed E-state index contributed by atoms with van der Waals surface area (Å²) in [6, 6.07) is 7.16. The summed E-state index contributed by atoms with van der Waals surface area (Å²) in [5.41, 5.74) is 1.39. The number of benzene rings is 1. The van der Waals surface area contributed by atoms with Crippen LogP contribution in [0.5, 0.6) is 0 Å². The zero-order valence-corrected chi connectivity index (χ0v) is 11.5. The second kappa shape index (κ2) is 8.26. The number of rotatable bonds is 7. The molecule has 104 valence electrons. The number of carbonyl (C=O) groups excluding carboxylic acids is 2. The molecule has 1 aromatic carbocycles. The van der Waals surface area contributed by atoms with E-state index in [0.29, 0.717) is 30.8 Å². The average Bonchev–Trinajstić information content (AvgIpc) is 2.37. The lowest BCUT2D eigenvalue weighted by molar-refractivity contribution is -0.116. The summed E-state index contributed by atoms with van der Waals surface area (Å²) in [6.07, 6.45) is 1.73. The highest BCUT2D eigenvalue weighted by Gasteiger charge is 2.04. The second-order valence-electron chi connectivity index (χ2n) is 4.28. The molecule has 0 spiro atoms. The van der Waals surface area contributed by atoms with Crippen LogP contribution in [0.25, 0.3) is 0 Å². The standard InChI is InChI=1S/C14H21N3O2/c1-3-5-13(18)16-11-6-4-7-12(10-11)17-14(19)8-9-15-2/h4,6-7,10,15H,3,5,8-9H2,1-2H3,(H,16,18)(H,17,19). The second-order valence-corrected chi connectivity index (χ2v) is 4.28. The maximum Gasteiger partial charge on any atom is 0.225 e. The van der Waals surface area contributed by atoms with Gasteiger partial charge in [0, 0.05) is 30.8 Å². The molecule has 1 rings (SSSR count). The van der Waals surface area contributed by atoms with Gasteiger partial charge in [-0.15, -0.1) is 0 Å². The molecule has 5 nitrogen and oxygen atoms in total. The molecule has 0 aliphatic heterocycles. The highest BCUT2D eigenvalue weighted by molar-refractivity contribution is 5.94. The normalized spacial score (nSPS) is 10.0.